The SMILES string of the molecule is CCNC(=NCC(c1ccco1)N1CCCC1)NCCCN1CCCC1C(=O)N(C)C. The maximum atomic E-state index is 12.4. The highest BCUT2D eigenvalue weighted by Gasteiger charge is 2.31. The second-order valence-corrected chi connectivity index (χ2v) is 8.70. The number of nitrogens with one attached hydrogen (secondary N) is 2. The van der Waals surface area contributed by atoms with E-state index < -0.39 is 0 Å². The van der Waals surface area contributed by atoms with Gasteiger partial charge in [-0.3, -0.25) is 19.6 Å². The van der Waals surface area contributed by atoms with Crippen molar-refractivity contribution in [2.75, 3.05) is 59.9 Å². The van der Waals surface area contributed by atoms with Crippen LogP contribution in [0.2, 0.25) is 0 Å². The molecule has 0 aliphatic carbocycles. The third-order valence-electron chi connectivity index (χ3n) is 6.22. The molecule has 1 aromatic rings. The first-order valence-electron chi connectivity index (χ1n) is 11.8. The van der Waals surface area contributed by atoms with E-state index in [2.05, 4.69) is 33.4 Å². The minimum Gasteiger partial charge on any atom is -0.468 e. The zero-order valence-corrected chi connectivity index (χ0v) is 19.5. The van der Waals surface area contributed by atoms with Crippen molar-refractivity contribution >= 4 is 11.9 Å². The Kier molecular flexibility index (Phi) is 9.21. The minimum atomic E-state index is 0.0476. The van der Waals surface area contributed by atoms with Gasteiger partial charge in [0.15, 0.2) is 5.96 Å². The number of hydrogen-bond acceptors (Lipinski definition) is 5. The van der Waals surface area contributed by atoms with Crippen LogP contribution in [0.3, 0.4) is 0 Å². The Labute approximate surface area is 187 Å². The molecule has 2 saturated heterocycles. The summed E-state index contributed by atoms with van der Waals surface area (Å²) in [5.41, 5.74) is 0. The number of carbonyl (C=O) groups excluding carboxylic acids is 1. The fourth-order valence-corrected chi connectivity index (χ4v) is 4.60. The van der Waals surface area contributed by atoms with Crippen molar-refractivity contribution in [2.24, 2.45) is 4.99 Å². The van der Waals surface area contributed by atoms with Gasteiger partial charge in [0.1, 0.15) is 5.76 Å². The summed E-state index contributed by atoms with van der Waals surface area (Å²) in [6.07, 6.45) is 7.29. The van der Waals surface area contributed by atoms with Crippen LogP contribution in [0, 0.1) is 0 Å². The molecule has 0 aromatic carbocycles. The normalized spacial score (nSPS) is 21.4. The molecule has 1 aromatic heterocycles. The van der Waals surface area contributed by atoms with Crippen molar-refractivity contribution in [3.8, 4) is 0 Å². The molecule has 1 amide bonds. The lowest BCUT2D eigenvalue weighted by atomic mass is 10.2. The third kappa shape index (κ3) is 6.71. The number of hydrogen-bond donors (Lipinski definition) is 2. The number of carbonyl (C=O) groups is 1. The predicted molar refractivity (Wildman–Crippen MR) is 124 cm³/mol. The molecule has 2 fully saturated rings. The van der Waals surface area contributed by atoms with Crippen LogP contribution >= 0.6 is 0 Å². The van der Waals surface area contributed by atoms with E-state index in [1.54, 1.807) is 11.2 Å². The van der Waals surface area contributed by atoms with Crippen molar-refractivity contribution < 1.29 is 9.21 Å². The number of aliphatic imine (C=N–C) groups is 1. The molecule has 0 bridgehead atoms. The van der Waals surface area contributed by atoms with Gasteiger partial charge < -0.3 is 20.0 Å². The van der Waals surface area contributed by atoms with Crippen LogP contribution in [-0.2, 0) is 4.79 Å². The number of likely N-dealkylation sites (tertiary alicyclic amines) is 2. The third-order valence-corrected chi connectivity index (χ3v) is 6.22. The van der Waals surface area contributed by atoms with Crippen molar-refractivity contribution in [3.63, 3.8) is 0 Å². The van der Waals surface area contributed by atoms with Crippen molar-refractivity contribution in [1.82, 2.24) is 25.3 Å². The second kappa shape index (κ2) is 12.1. The Morgan fingerprint density at radius 1 is 1.26 bits per heavy atom. The first-order chi connectivity index (χ1) is 15.1. The van der Waals surface area contributed by atoms with E-state index in [0.717, 1.165) is 70.3 Å². The summed E-state index contributed by atoms with van der Waals surface area (Å²) >= 11 is 0. The maximum Gasteiger partial charge on any atom is 0.239 e. The molecule has 2 N–H and O–H groups in total. The molecule has 2 aliphatic rings. The lowest BCUT2D eigenvalue weighted by Gasteiger charge is -2.26. The van der Waals surface area contributed by atoms with E-state index in [1.165, 1.54) is 12.8 Å². The first kappa shape index (κ1) is 23.6. The van der Waals surface area contributed by atoms with Gasteiger partial charge in [0.05, 0.1) is 24.9 Å². The second-order valence-electron chi connectivity index (χ2n) is 8.70. The van der Waals surface area contributed by atoms with Crippen LogP contribution < -0.4 is 10.6 Å². The van der Waals surface area contributed by atoms with Gasteiger partial charge in [-0.15, -0.1) is 0 Å². The van der Waals surface area contributed by atoms with Crippen molar-refractivity contribution in [1.29, 1.82) is 0 Å². The predicted octanol–water partition coefficient (Wildman–Crippen LogP) is 1.91. The monoisotopic (exact) mass is 432 g/mol. The lowest BCUT2D eigenvalue weighted by Crippen LogP contribution is -2.44. The van der Waals surface area contributed by atoms with Gasteiger partial charge in [-0.1, -0.05) is 0 Å². The number of nitrogens with zero attached hydrogens (tertiary/aromatic N) is 4. The van der Waals surface area contributed by atoms with Crippen LogP contribution in [0.1, 0.15) is 50.8 Å². The minimum absolute atomic E-state index is 0.0476. The van der Waals surface area contributed by atoms with Crippen LogP contribution in [-0.4, -0.2) is 92.5 Å². The Balaban J connectivity index is 1.49. The van der Waals surface area contributed by atoms with E-state index in [1.807, 2.05) is 20.2 Å². The van der Waals surface area contributed by atoms with Gasteiger partial charge in [0, 0.05) is 33.7 Å². The van der Waals surface area contributed by atoms with Crippen molar-refractivity contribution in [3.05, 3.63) is 24.2 Å². The Morgan fingerprint density at radius 3 is 2.74 bits per heavy atom. The van der Waals surface area contributed by atoms with Gasteiger partial charge >= 0.3 is 0 Å². The summed E-state index contributed by atoms with van der Waals surface area (Å²) in [5.74, 6) is 2.07. The molecular weight excluding hydrogens is 392 g/mol. The molecule has 2 atom stereocenters. The topological polar surface area (TPSA) is 76.4 Å². The van der Waals surface area contributed by atoms with E-state index in [9.17, 15) is 4.79 Å². The van der Waals surface area contributed by atoms with Crippen molar-refractivity contribution in [2.45, 2.75) is 51.1 Å². The summed E-state index contributed by atoms with van der Waals surface area (Å²) in [7, 11) is 3.69. The number of guanidine groups is 1. The zero-order valence-electron chi connectivity index (χ0n) is 19.5. The summed E-state index contributed by atoms with van der Waals surface area (Å²) in [4.78, 5) is 23.7. The largest absolute Gasteiger partial charge is 0.468 e. The molecule has 3 heterocycles. The van der Waals surface area contributed by atoms with Gasteiger partial charge in [0.25, 0.3) is 0 Å². The van der Waals surface area contributed by atoms with E-state index in [4.69, 9.17) is 9.41 Å². The Hall–Kier alpha value is -2.06. The molecular formula is C23H40N6O2. The molecule has 0 spiro atoms. The van der Waals surface area contributed by atoms with Gasteiger partial charge in [-0.2, -0.15) is 0 Å². The van der Waals surface area contributed by atoms with Crippen LogP contribution in [0.15, 0.2) is 27.8 Å². The van der Waals surface area contributed by atoms with Crippen LogP contribution in [0.5, 0.6) is 0 Å². The smallest absolute Gasteiger partial charge is 0.239 e. The lowest BCUT2D eigenvalue weighted by molar-refractivity contribution is -0.133. The zero-order chi connectivity index (χ0) is 22.1. The first-order valence-corrected chi connectivity index (χ1v) is 11.8. The summed E-state index contributed by atoms with van der Waals surface area (Å²) in [6.45, 7) is 8.57. The molecule has 8 heteroatoms. The fraction of sp³-hybridized carbons (Fsp3) is 0.739. The summed E-state index contributed by atoms with van der Waals surface area (Å²) in [5, 5.41) is 6.83. The summed E-state index contributed by atoms with van der Waals surface area (Å²) in [6, 6.07) is 4.25. The molecule has 0 saturated carbocycles. The van der Waals surface area contributed by atoms with E-state index >= 15 is 0 Å². The standard InChI is InChI=1S/C23H40N6O2/c1-4-24-23(25-12-9-16-28-15-7-10-19(28)22(30)27(2)3)26-18-20(21-11-8-17-31-21)29-13-5-6-14-29/h8,11,17,19-20H,4-7,9-10,12-16,18H2,1-3H3,(H2,24,25,26). The Morgan fingerprint density at radius 2 is 2.06 bits per heavy atom. The molecule has 2 unspecified atom stereocenters. The van der Waals surface area contributed by atoms with E-state index in [-0.39, 0.29) is 18.0 Å². The molecule has 3 rings (SSSR count). The summed E-state index contributed by atoms with van der Waals surface area (Å²) < 4.78 is 5.71. The quantitative estimate of drug-likeness (QED) is 0.334. The fourth-order valence-electron chi connectivity index (χ4n) is 4.60. The number of amides is 1. The average Bonchev–Trinajstić information content (AvgIpc) is 3.53. The van der Waals surface area contributed by atoms with Crippen LogP contribution in [0.4, 0.5) is 0 Å². The van der Waals surface area contributed by atoms with E-state index in [0.29, 0.717) is 6.54 Å². The molecule has 174 valence electrons. The highest BCUT2D eigenvalue weighted by atomic mass is 16.3. The maximum absolute atomic E-state index is 12.4. The van der Waals surface area contributed by atoms with Gasteiger partial charge in [-0.05, 0) is 70.8 Å². The molecule has 0 radical (unpaired) electrons. The highest BCUT2D eigenvalue weighted by Crippen LogP contribution is 2.25. The number of likely N-dealkylation sites (N-methyl/N-ethyl adjacent to an activating group) is 1. The Bertz CT molecular complexity index is 684. The van der Waals surface area contributed by atoms with Gasteiger partial charge in [0.2, 0.25) is 5.91 Å². The number of furan rings is 1. The van der Waals surface area contributed by atoms with Crippen LogP contribution in [0.25, 0.3) is 0 Å². The highest BCUT2D eigenvalue weighted by molar-refractivity contribution is 5.81. The number of rotatable bonds is 10. The molecule has 2 aliphatic heterocycles. The average molecular weight is 433 g/mol. The molecule has 8 nitrogen and oxygen atoms in total. The molecule has 31 heavy (non-hydrogen) atoms. The van der Waals surface area contributed by atoms with Gasteiger partial charge in [-0.25, -0.2) is 0 Å².